The van der Waals surface area contributed by atoms with E-state index in [-0.39, 0.29) is 34.4 Å². The van der Waals surface area contributed by atoms with Crippen LogP contribution in [-0.4, -0.2) is 31.5 Å². The number of halogens is 2. The minimum absolute atomic E-state index is 0.124. The minimum Gasteiger partial charge on any atom is -0.492 e. The summed E-state index contributed by atoms with van der Waals surface area (Å²) >= 11 is 12.8. The Bertz CT molecular complexity index is 914. The van der Waals surface area contributed by atoms with Gasteiger partial charge in [0.15, 0.2) is 0 Å². The summed E-state index contributed by atoms with van der Waals surface area (Å²) in [6, 6.07) is 4.86. The molecule has 0 atom stereocenters. The predicted octanol–water partition coefficient (Wildman–Crippen LogP) is 4.05. The first-order valence-corrected chi connectivity index (χ1v) is 9.71. The van der Waals surface area contributed by atoms with Gasteiger partial charge in [-0.25, -0.2) is 4.79 Å². The molecule has 0 saturated carbocycles. The van der Waals surface area contributed by atoms with Crippen LogP contribution in [0.3, 0.4) is 0 Å². The van der Waals surface area contributed by atoms with Gasteiger partial charge in [0.05, 0.1) is 29.2 Å². The Balaban J connectivity index is 1.96. The van der Waals surface area contributed by atoms with E-state index in [2.05, 4.69) is 5.32 Å². The van der Waals surface area contributed by atoms with E-state index >= 15 is 0 Å². The van der Waals surface area contributed by atoms with Crippen molar-refractivity contribution < 1.29 is 23.9 Å². The summed E-state index contributed by atoms with van der Waals surface area (Å²) in [6.07, 6.45) is 0.542. The Labute approximate surface area is 175 Å². The van der Waals surface area contributed by atoms with E-state index in [4.69, 9.17) is 38.4 Å². The first kappa shape index (κ1) is 22.0. The lowest BCUT2D eigenvalue weighted by atomic mass is 10.1. The summed E-state index contributed by atoms with van der Waals surface area (Å²) in [4.78, 5) is 35.9. The standard InChI is InChI=1S/C18H18Cl2N2O5S/c1-9-14(18(25)26-2)17(28-15(9)16(21)24)22-13(23)4-3-7-27-12-6-5-10(19)8-11(12)20/h5-6,8H,3-4,7H2,1-2H3,(H2,21,24)(H,22,23). The summed E-state index contributed by atoms with van der Waals surface area (Å²) in [7, 11) is 1.22. The van der Waals surface area contributed by atoms with E-state index in [1.165, 1.54) is 7.11 Å². The highest BCUT2D eigenvalue weighted by Gasteiger charge is 2.25. The van der Waals surface area contributed by atoms with Crippen LogP contribution >= 0.6 is 34.5 Å². The number of nitrogens with two attached hydrogens (primary N) is 1. The number of ether oxygens (including phenoxy) is 2. The number of benzene rings is 1. The molecule has 0 aliphatic carbocycles. The van der Waals surface area contributed by atoms with Crippen LogP contribution in [0.25, 0.3) is 0 Å². The van der Waals surface area contributed by atoms with Crippen molar-refractivity contribution in [1.29, 1.82) is 0 Å². The predicted molar refractivity (Wildman–Crippen MR) is 109 cm³/mol. The average molecular weight is 445 g/mol. The Morgan fingerprint density at radius 1 is 1.25 bits per heavy atom. The van der Waals surface area contributed by atoms with E-state index in [9.17, 15) is 14.4 Å². The van der Waals surface area contributed by atoms with E-state index in [0.29, 0.717) is 27.8 Å². The van der Waals surface area contributed by atoms with Crippen molar-refractivity contribution in [2.24, 2.45) is 5.73 Å². The van der Waals surface area contributed by atoms with Gasteiger partial charge in [-0.05, 0) is 37.1 Å². The molecule has 7 nitrogen and oxygen atoms in total. The highest BCUT2D eigenvalue weighted by molar-refractivity contribution is 7.18. The third kappa shape index (κ3) is 5.37. The zero-order valence-corrected chi connectivity index (χ0v) is 17.5. The van der Waals surface area contributed by atoms with Crippen molar-refractivity contribution in [2.75, 3.05) is 19.0 Å². The van der Waals surface area contributed by atoms with Crippen LogP contribution in [0.2, 0.25) is 10.0 Å². The monoisotopic (exact) mass is 444 g/mol. The van der Waals surface area contributed by atoms with Gasteiger partial charge in [-0.3, -0.25) is 9.59 Å². The fraction of sp³-hybridized carbons (Fsp3) is 0.278. The molecule has 0 radical (unpaired) electrons. The van der Waals surface area contributed by atoms with Crippen LogP contribution in [0.1, 0.15) is 38.4 Å². The number of methoxy groups -OCH3 is 1. The van der Waals surface area contributed by atoms with Crippen molar-refractivity contribution in [3.63, 3.8) is 0 Å². The number of carbonyl (C=O) groups is 3. The molecule has 0 bridgehead atoms. The van der Waals surface area contributed by atoms with E-state index in [1.807, 2.05) is 0 Å². The maximum absolute atomic E-state index is 12.2. The molecule has 1 heterocycles. The van der Waals surface area contributed by atoms with Crippen molar-refractivity contribution in [3.05, 3.63) is 44.2 Å². The Morgan fingerprint density at radius 2 is 1.96 bits per heavy atom. The fourth-order valence-electron chi connectivity index (χ4n) is 2.38. The highest BCUT2D eigenvalue weighted by atomic mass is 35.5. The molecular weight excluding hydrogens is 427 g/mol. The van der Waals surface area contributed by atoms with E-state index < -0.39 is 11.9 Å². The van der Waals surface area contributed by atoms with E-state index in [0.717, 1.165) is 11.3 Å². The number of esters is 1. The molecule has 0 aliphatic heterocycles. The number of thiophene rings is 1. The van der Waals surface area contributed by atoms with Crippen LogP contribution in [0.4, 0.5) is 5.00 Å². The zero-order chi connectivity index (χ0) is 20.8. The molecule has 2 amide bonds. The second-order valence-electron chi connectivity index (χ2n) is 5.69. The molecule has 2 rings (SSSR count). The molecule has 10 heteroatoms. The normalized spacial score (nSPS) is 10.4. The van der Waals surface area contributed by atoms with Crippen LogP contribution in [0.5, 0.6) is 5.75 Å². The van der Waals surface area contributed by atoms with Crippen molar-refractivity contribution >= 4 is 57.3 Å². The SMILES string of the molecule is COC(=O)c1c(NC(=O)CCCOc2ccc(Cl)cc2Cl)sc(C(N)=O)c1C. The second-order valence-corrected chi connectivity index (χ2v) is 7.56. The lowest BCUT2D eigenvalue weighted by Gasteiger charge is -2.09. The molecule has 150 valence electrons. The smallest absolute Gasteiger partial charge is 0.341 e. The summed E-state index contributed by atoms with van der Waals surface area (Å²) in [6.45, 7) is 1.83. The third-order valence-corrected chi connectivity index (χ3v) is 5.46. The molecule has 0 spiro atoms. The van der Waals surface area contributed by atoms with Crippen LogP contribution < -0.4 is 15.8 Å². The van der Waals surface area contributed by atoms with E-state index in [1.54, 1.807) is 25.1 Å². The van der Waals surface area contributed by atoms with Gasteiger partial charge in [-0.15, -0.1) is 11.3 Å². The number of nitrogens with one attached hydrogen (secondary N) is 1. The minimum atomic E-state index is -0.679. The summed E-state index contributed by atoms with van der Waals surface area (Å²) in [5.41, 5.74) is 5.81. The molecule has 1 aromatic carbocycles. The van der Waals surface area contributed by atoms with Crippen LogP contribution in [0.15, 0.2) is 18.2 Å². The quantitative estimate of drug-likeness (QED) is 0.471. The van der Waals surface area contributed by atoms with Gasteiger partial charge in [-0.2, -0.15) is 0 Å². The number of anilines is 1. The average Bonchev–Trinajstić information content (AvgIpc) is 2.95. The van der Waals surface area contributed by atoms with Gasteiger partial charge in [0.1, 0.15) is 10.8 Å². The number of hydrogen-bond donors (Lipinski definition) is 2. The molecule has 3 N–H and O–H groups in total. The van der Waals surface area contributed by atoms with Crippen molar-refractivity contribution in [2.45, 2.75) is 19.8 Å². The summed E-state index contributed by atoms with van der Waals surface area (Å²) in [5.74, 6) is -1.20. The molecule has 0 saturated heterocycles. The number of hydrogen-bond acceptors (Lipinski definition) is 6. The lowest BCUT2D eigenvalue weighted by Crippen LogP contribution is -2.15. The summed E-state index contributed by atoms with van der Waals surface area (Å²) in [5, 5.41) is 3.74. The van der Waals surface area contributed by atoms with Crippen LogP contribution in [0, 0.1) is 6.92 Å². The molecule has 0 unspecified atom stereocenters. The first-order chi connectivity index (χ1) is 13.2. The maximum atomic E-state index is 12.2. The van der Waals surface area contributed by atoms with Gasteiger partial charge in [-0.1, -0.05) is 23.2 Å². The first-order valence-electron chi connectivity index (χ1n) is 8.13. The zero-order valence-electron chi connectivity index (χ0n) is 15.1. The molecule has 0 fully saturated rings. The molecule has 2 aromatic rings. The highest BCUT2D eigenvalue weighted by Crippen LogP contribution is 2.33. The molecule has 28 heavy (non-hydrogen) atoms. The number of carbonyl (C=O) groups excluding carboxylic acids is 3. The van der Waals surface area contributed by atoms with Crippen molar-refractivity contribution in [1.82, 2.24) is 0 Å². The molecule has 1 aromatic heterocycles. The molecule has 0 aliphatic rings. The third-order valence-electron chi connectivity index (χ3n) is 3.71. The topological polar surface area (TPSA) is 108 Å². The van der Waals surface area contributed by atoms with Crippen LogP contribution in [-0.2, 0) is 9.53 Å². The fourth-order valence-corrected chi connectivity index (χ4v) is 3.91. The maximum Gasteiger partial charge on any atom is 0.341 e. The second kappa shape index (κ2) is 9.77. The number of rotatable bonds is 8. The Kier molecular flexibility index (Phi) is 7.68. The molecular formula is C18H18Cl2N2O5S. The van der Waals surface area contributed by atoms with Gasteiger partial charge >= 0.3 is 5.97 Å². The van der Waals surface area contributed by atoms with Gasteiger partial charge < -0.3 is 20.5 Å². The Hall–Kier alpha value is -2.29. The number of amides is 2. The number of primary amides is 1. The van der Waals surface area contributed by atoms with Gasteiger partial charge in [0, 0.05) is 11.4 Å². The summed E-state index contributed by atoms with van der Waals surface area (Å²) < 4.78 is 10.2. The van der Waals surface area contributed by atoms with Crippen molar-refractivity contribution in [3.8, 4) is 5.75 Å². The largest absolute Gasteiger partial charge is 0.492 e. The van der Waals surface area contributed by atoms with Gasteiger partial charge in [0.2, 0.25) is 5.91 Å². The lowest BCUT2D eigenvalue weighted by molar-refractivity contribution is -0.116. The van der Waals surface area contributed by atoms with Gasteiger partial charge in [0.25, 0.3) is 5.91 Å². The Morgan fingerprint density at radius 3 is 2.57 bits per heavy atom.